The molecule has 2 fully saturated rings. The van der Waals surface area contributed by atoms with Crippen molar-refractivity contribution in [1.29, 1.82) is 0 Å². The van der Waals surface area contributed by atoms with Gasteiger partial charge in [-0.05, 0) is 32.6 Å². The van der Waals surface area contributed by atoms with Crippen LogP contribution in [-0.2, 0) is 19.1 Å². The van der Waals surface area contributed by atoms with Gasteiger partial charge in [0, 0.05) is 25.7 Å². The molecule has 0 saturated carbocycles. The summed E-state index contributed by atoms with van der Waals surface area (Å²) < 4.78 is 6.88. The Morgan fingerprint density at radius 2 is 1.70 bits per heavy atom. The molecular formula is C29H45N3O5. The molecule has 4 aliphatic heterocycles. The average molecular weight is 516 g/mol. The lowest BCUT2D eigenvalue weighted by Gasteiger charge is -2.42. The Balaban J connectivity index is 1.89. The van der Waals surface area contributed by atoms with Crippen molar-refractivity contribution in [3.8, 4) is 0 Å². The standard InChI is InChI=1S/C29H45N3O5/c1-7-12-20(5)31-17-11-14-29-23(22-25(34)30(15-8-2)16-10-13-28(22,6)37-29)26(35)32(24(29)27(31)36)21(18-33)19(4)9-3/h10-11,13-14,19-24,33H,7-9,12,15-18H2,1-6H3/t19-,20?,21-,22+,23-,24?,28-,29-/m0/s1. The summed E-state index contributed by atoms with van der Waals surface area (Å²) in [4.78, 5) is 48.2. The lowest BCUT2D eigenvalue weighted by Crippen LogP contribution is -2.60. The summed E-state index contributed by atoms with van der Waals surface area (Å²) in [5, 5.41) is 10.5. The molecule has 4 aliphatic rings. The Kier molecular flexibility index (Phi) is 7.92. The average Bonchev–Trinajstić information content (AvgIpc) is 3.13. The fourth-order valence-corrected chi connectivity index (χ4v) is 7.14. The van der Waals surface area contributed by atoms with Crippen molar-refractivity contribution in [2.24, 2.45) is 17.8 Å². The third-order valence-corrected chi connectivity index (χ3v) is 9.19. The second kappa shape index (κ2) is 10.5. The maximum absolute atomic E-state index is 14.5. The lowest BCUT2D eigenvalue weighted by atomic mass is 9.74. The molecule has 1 N–H and O–H groups in total. The van der Waals surface area contributed by atoms with Gasteiger partial charge in [-0.15, -0.1) is 0 Å². The summed E-state index contributed by atoms with van der Waals surface area (Å²) in [7, 11) is 0. The molecule has 0 aromatic heterocycles. The van der Waals surface area contributed by atoms with Crippen LogP contribution in [0.5, 0.6) is 0 Å². The van der Waals surface area contributed by atoms with Gasteiger partial charge in [0.25, 0.3) is 0 Å². The van der Waals surface area contributed by atoms with Gasteiger partial charge in [0.05, 0.1) is 30.1 Å². The Hall–Kier alpha value is -2.19. The van der Waals surface area contributed by atoms with Crippen LogP contribution in [0.3, 0.4) is 0 Å². The van der Waals surface area contributed by atoms with Gasteiger partial charge in [-0.3, -0.25) is 14.4 Å². The van der Waals surface area contributed by atoms with E-state index in [1.807, 2.05) is 63.8 Å². The van der Waals surface area contributed by atoms with Crippen molar-refractivity contribution >= 4 is 17.7 Å². The highest BCUT2D eigenvalue weighted by Gasteiger charge is 2.75. The largest absolute Gasteiger partial charge is 0.394 e. The molecule has 37 heavy (non-hydrogen) atoms. The number of hydrogen-bond donors (Lipinski definition) is 1. The van der Waals surface area contributed by atoms with E-state index in [0.29, 0.717) is 19.6 Å². The van der Waals surface area contributed by atoms with Crippen molar-refractivity contribution in [2.75, 3.05) is 26.2 Å². The van der Waals surface area contributed by atoms with E-state index in [-0.39, 0.29) is 36.3 Å². The molecule has 8 atom stereocenters. The Bertz CT molecular complexity index is 965. The molecule has 0 aromatic rings. The first-order valence-electron chi connectivity index (χ1n) is 14.2. The molecule has 0 aromatic carbocycles. The highest BCUT2D eigenvalue weighted by Crippen LogP contribution is 2.58. The van der Waals surface area contributed by atoms with Gasteiger partial charge in [0.2, 0.25) is 17.7 Å². The summed E-state index contributed by atoms with van der Waals surface area (Å²) >= 11 is 0. The predicted molar refractivity (Wildman–Crippen MR) is 141 cm³/mol. The maximum atomic E-state index is 14.5. The SMILES string of the molecule is CCCC(C)N1CC=C[C@]23O[C@@]4(C)C=CCN(CCC)C(=O)[C@H]4[C@H]2C(=O)N([C@@H](CO)[C@@H](C)CC)C3C1=O. The fourth-order valence-electron chi connectivity index (χ4n) is 7.14. The molecule has 8 nitrogen and oxygen atoms in total. The van der Waals surface area contributed by atoms with Crippen LogP contribution in [0.2, 0.25) is 0 Å². The maximum Gasteiger partial charge on any atom is 0.249 e. The van der Waals surface area contributed by atoms with E-state index < -0.39 is 35.1 Å². The molecule has 3 amide bonds. The Labute approximate surface area is 221 Å². The quantitative estimate of drug-likeness (QED) is 0.477. The summed E-state index contributed by atoms with van der Waals surface area (Å²) in [6, 6.07) is -1.48. The monoisotopic (exact) mass is 515 g/mol. The highest BCUT2D eigenvalue weighted by molar-refractivity contribution is 6.00. The van der Waals surface area contributed by atoms with E-state index in [0.717, 1.165) is 25.7 Å². The van der Waals surface area contributed by atoms with Gasteiger partial charge >= 0.3 is 0 Å². The first kappa shape index (κ1) is 27.8. The number of aliphatic hydroxyl groups excluding tert-OH is 1. The van der Waals surface area contributed by atoms with Gasteiger partial charge in [0.1, 0.15) is 11.6 Å². The number of fused-ring (bicyclic) bond motifs is 2. The molecule has 1 spiro atoms. The van der Waals surface area contributed by atoms with E-state index in [1.54, 1.807) is 9.80 Å². The normalized spacial score (nSPS) is 35.7. The van der Waals surface area contributed by atoms with Crippen LogP contribution in [0.4, 0.5) is 0 Å². The molecule has 206 valence electrons. The number of hydrogen-bond acceptors (Lipinski definition) is 5. The fraction of sp³-hybridized carbons (Fsp3) is 0.759. The molecule has 0 aliphatic carbocycles. The zero-order valence-electron chi connectivity index (χ0n) is 23.4. The van der Waals surface area contributed by atoms with Gasteiger partial charge < -0.3 is 24.5 Å². The number of carbonyl (C=O) groups is 3. The first-order chi connectivity index (χ1) is 17.6. The van der Waals surface area contributed by atoms with Gasteiger partial charge in [-0.2, -0.15) is 0 Å². The minimum absolute atomic E-state index is 0.00600. The number of rotatable bonds is 9. The van der Waals surface area contributed by atoms with E-state index in [9.17, 15) is 19.5 Å². The molecule has 4 heterocycles. The van der Waals surface area contributed by atoms with E-state index in [1.165, 1.54) is 0 Å². The number of ether oxygens (including phenoxy) is 1. The zero-order valence-corrected chi connectivity index (χ0v) is 23.4. The lowest BCUT2D eigenvalue weighted by molar-refractivity contribution is -0.158. The highest BCUT2D eigenvalue weighted by atomic mass is 16.5. The van der Waals surface area contributed by atoms with Crippen molar-refractivity contribution in [1.82, 2.24) is 14.7 Å². The van der Waals surface area contributed by atoms with Gasteiger partial charge in [0.15, 0.2) is 0 Å². The van der Waals surface area contributed by atoms with E-state index in [2.05, 4.69) is 6.92 Å². The summed E-state index contributed by atoms with van der Waals surface area (Å²) in [5.41, 5.74) is -2.28. The smallest absolute Gasteiger partial charge is 0.249 e. The predicted octanol–water partition coefficient (Wildman–Crippen LogP) is 2.76. The van der Waals surface area contributed by atoms with E-state index in [4.69, 9.17) is 4.74 Å². The number of carbonyl (C=O) groups excluding carboxylic acids is 3. The summed E-state index contributed by atoms with van der Waals surface area (Å²) in [6.07, 6.45) is 11.1. The number of nitrogens with zero attached hydrogens (tertiary/aromatic N) is 3. The molecular weight excluding hydrogens is 470 g/mol. The third-order valence-electron chi connectivity index (χ3n) is 9.19. The molecule has 4 rings (SSSR count). The zero-order chi connectivity index (χ0) is 27.1. The molecule has 0 radical (unpaired) electrons. The van der Waals surface area contributed by atoms with Crippen molar-refractivity contribution in [3.05, 3.63) is 24.3 Å². The molecule has 0 bridgehead atoms. The van der Waals surface area contributed by atoms with Crippen LogP contribution < -0.4 is 0 Å². The van der Waals surface area contributed by atoms with E-state index >= 15 is 0 Å². The molecule has 2 saturated heterocycles. The van der Waals surface area contributed by atoms with Crippen molar-refractivity contribution < 1.29 is 24.2 Å². The summed E-state index contributed by atoms with van der Waals surface area (Å²) in [6.45, 7) is 13.3. The minimum atomic E-state index is -1.27. The van der Waals surface area contributed by atoms with Crippen LogP contribution in [0, 0.1) is 17.8 Å². The van der Waals surface area contributed by atoms with Crippen LogP contribution in [0.15, 0.2) is 24.3 Å². The second-order valence-electron chi connectivity index (χ2n) is 11.6. The first-order valence-corrected chi connectivity index (χ1v) is 14.2. The van der Waals surface area contributed by atoms with Crippen LogP contribution in [0.25, 0.3) is 0 Å². The summed E-state index contributed by atoms with van der Waals surface area (Å²) in [5.74, 6) is -2.13. The number of amides is 3. The Morgan fingerprint density at radius 3 is 2.32 bits per heavy atom. The molecule has 8 heteroatoms. The van der Waals surface area contributed by atoms with Gasteiger partial charge in [-0.25, -0.2) is 0 Å². The number of aliphatic hydroxyl groups is 1. The Morgan fingerprint density at radius 1 is 1.00 bits per heavy atom. The van der Waals surface area contributed by atoms with Crippen molar-refractivity contribution in [3.63, 3.8) is 0 Å². The number of likely N-dealkylation sites (tertiary alicyclic amines) is 1. The second-order valence-corrected chi connectivity index (χ2v) is 11.6. The third kappa shape index (κ3) is 4.24. The van der Waals surface area contributed by atoms with Crippen molar-refractivity contribution in [2.45, 2.75) is 96.6 Å². The van der Waals surface area contributed by atoms with Crippen LogP contribution >= 0.6 is 0 Å². The van der Waals surface area contributed by atoms with Crippen LogP contribution in [0.1, 0.15) is 67.2 Å². The molecule has 2 unspecified atom stereocenters. The minimum Gasteiger partial charge on any atom is -0.394 e. The van der Waals surface area contributed by atoms with Gasteiger partial charge in [-0.1, -0.05) is 64.8 Å². The van der Waals surface area contributed by atoms with Crippen LogP contribution in [-0.4, -0.2) is 93.1 Å². The topological polar surface area (TPSA) is 90.4 Å².